The van der Waals surface area contributed by atoms with E-state index in [0.29, 0.717) is 0 Å². The molecule has 1 aromatic carbocycles. The SMILES string of the molecule is Cc1cc(C)n(-c2cccc(C(C)O)c2)n1. The molecule has 3 nitrogen and oxygen atoms in total. The van der Waals surface area contributed by atoms with E-state index in [4.69, 9.17) is 0 Å². The Balaban J connectivity index is 2.48. The lowest BCUT2D eigenvalue weighted by atomic mass is 10.1. The largest absolute Gasteiger partial charge is 0.389 e. The van der Waals surface area contributed by atoms with Crippen LogP contribution in [0, 0.1) is 13.8 Å². The summed E-state index contributed by atoms with van der Waals surface area (Å²) in [7, 11) is 0. The standard InChI is InChI=1S/C13H16N2O/c1-9-7-10(2)15(14-9)13-6-4-5-12(8-13)11(3)16/h4-8,11,16H,1-3H3. The number of aromatic nitrogens is 2. The average molecular weight is 216 g/mol. The van der Waals surface area contributed by atoms with E-state index in [2.05, 4.69) is 5.10 Å². The molecule has 0 saturated carbocycles. The molecule has 0 aliphatic heterocycles. The summed E-state index contributed by atoms with van der Waals surface area (Å²) in [6.45, 7) is 5.76. The lowest BCUT2D eigenvalue weighted by Crippen LogP contribution is -2.00. The molecule has 0 fully saturated rings. The fourth-order valence-corrected chi connectivity index (χ4v) is 1.81. The molecule has 0 radical (unpaired) electrons. The summed E-state index contributed by atoms with van der Waals surface area (Å²) in [5, 5.41) is 14.0. The van der Waals surface area contributed by atoms with Crippen molar-refractivity contribution >= 4 is 0 Å². The van der Waals surface area contributed by atoms with Crippen LogP contribution in [0.5, 0.6) is 0 Å². The second-order valence-corrected chi connectivity index (χ2v) is 4.11. The molecule has 0 aliphatic rings. The summed E-state index contributed by atoms with van der Waals surface area (Å²) in [5.41, 5.74) is 3.99. The molecule has 1 atom stereocenters. The lowest BCUT2D eigenvalue weighted by molar-refractivity contribution is 0.199. The second kappa shape index (κ2) is 4.10. The van der Waals surface area contributed by atoms with Crippen LogP contribution in [0.1, 0.15) is 30.0 Å². The van der Waals surface area contributed by atoms with Gasteiger partial charge in [0.2, 0.25) is 0 Å². The van der Waals surface area contributed by atoms with Gasteiger partial charge in [0.1, 0.15) is 0 Å². The average Bonchev–Trinajstić information content (AvgIpc) is 2.58. The summed E-state index contributed by atoms with van der Waals surface area (Å²) >= 11 is 0. The van der Waals surface area contributed by atoms with Crippen molar-refractivity contribution in [2.75, 3.05) is 0 Å². The van der Waals surface area contributed by atoms with E-state index in [-0.39, 0.29) is 0 Å². The Morgan fingerprint density at radius 1 is 1.25 bits per heavy atom. The van der Waals surface area contributed by atoms with Crippen LogP contribution in [-0.4, -0.2) is 14.9 Å². The molecule has 2 rings (SSSR count). The minimum Gasteiger partial charge on any atom is -0.389 e. The van der Waals surface area contributed by atoms with Crippen molar-refractivity contribution in [2.45, 2.75) is 26.9 Å². The molecule has 2 aromatic rings. The van der Waals surface area contributed by atoms with Crippen molar-refractivity contribution in [1.82, 2.24) is 9.78 Å². The summed E-state index contributed by atoms with van der Waals surface area (Å²) in [6, 6.07) is 9.85. The van der Waals surface area contributed by atoms with Gasteiger partial charge in [0.05, 0.1) is 17.5 Å². The van der Waals surface area contributed by atoms with Crippen molar-refractivity contribution in [3.8, 4) is 5.69 Å². The molecule has 1 N–H and O–H groups in total. The maximum atomic E-state index is 9.54. The quantitative estimate of drug-likeness (QED) is 0.837. The summed E-state index contributed by atoms with van der Waals surface area (Å²) < 4.78 is 1.89. The molecule has 3 heteroatoms. The Kier molecular flexibility index (Phi) is 2.79. The molecular weight excluding hydrogens is 200 g/mol. The third-order valence-electron chi connectivity index (χ3n) is 2.61. The number of hydrogen-bond donors (Lipinski definition) is 1. The Morgan fingerprint density at radius 3 is 2.56 bits per heavy atom. The van der Waals surface area contributed by atoms with Crippen LogP contribution in [-0.2, 0) is 0 Å². The van der Waals surface area contributed by atoms with Gasteiger partial charge in [0, 0.05) is 5.69 Å². The zero-order valence-corrected chi connectivity index (χ0v) is 9.81. The highest BCUT2D eigenvalue weighted by molar-refractivity contribution is 5.37. The van der Waals surface area contributed by atoms with Gasteiger partial charge in [-0.05, 0) is 44.5 Å². The fraction of sp³-hybridized carbons (Fsp3) is 0.308. The van der Waals surface area contributed by atoms with Crippen LogP contribution in [0.25, 0.3) is 5.69 Å². The Bertz CT molecular complexity index is 500. The highest BCUT2D eigenvalue weighted by atomic mass is 16.3. The summed E-state index contributed by atoms with van der Waals surface area (Å²) in [6.07, 6.45) is -0.447. The zero-order chi connectivity index (χ0) is 11.7. The van der Waals surface area contributed by atoms with Gasteiger partial charge >= 0.3 is 0 Å². The van der Waals surface area contributed by atoms with Gasteiger partial charge < -0.3 is 5.11 Å². The number of aliphatic hydroxyl groups excluding tert-OH is 1. The molecule has 0 saturated heterocycles. The van der Waals surface area contributed by atoms with E-state index in [1.165, 1.54) is 0 Å². The van der Waals surface area contributed by atoms with Gasteiger partial charge in [-0.25, -0.2) is 4.68 Å². The molecule has 0 spiro atoms. The maximum Gasteiger partial charge on any atom is 0.0762 e. The van der Waals surface area contributed by atoms with Crippen molar-refractivity contribution in [3.05, 3.63) is 47.3 Å². The van der Waals surface area contributed by atoms with Crippen LogP contribution in [0.2, 0.25) is 0 Å². The van der Waals surface area contributed by atoms with E-state index >= 15 is 0 Å². The first-order chi connectivity index (χ1) is 7.58. The molecule has 16 heavy (non-hydrogen) atoms. The van der Waals surface area contributed by atoms with E-state index < -0.39 is 6.10 Å². The predicted octanol–water partition coefficient (Wildman–Crippen LogP) is 2.54. The van der Waals surface area contributed by atoms with Gasteiger partial charge in [0.25, 0.3) is 0 Å². The molecule has 0 bridgehead atoms. The smallest absolute Gasteiger partial charge is 0.0762 e. The van der Waals surface area contributed by atoms with E-state index in [1.807, 2.05) is 48.9 Å². The van der Waals surface area contributed by atoms with Crippen molar-refractivity contribution in [1.29, 1.82) is 0 Å². The number of nitrogens with zero attached hydrogens (tertiary/aromatic N) is 2. The minimum absolute atomic E-state index is 0.447. The predicted molar refractivity (Wildman–Crippen MR) is 63.7 cm³/mol. The van der Waals surface area contributed by atoms with Gasteiger partial charge in [-0.1, -0.05) is 12.1 Å². The molecule has 0 aliphatic carbocycles. The highest BCUT2D eigenvalue weighted by Crippen LogP contribution is 2.17. The van der Waals surface area contributed by atoms with Crippen LogP contribution >= 0.6 is 0 Å². The van der Waals surface area contributed by atoms with Gasteiger partial charge in [-0.15, -0.1) is 0 Å². The van der Waals surface area contributed by atoms with E-state index in [1.54, 1.807) is 6.92 Å². The number of aryl methyl sites for hydroxylation is 2. The van der Waals surface area contributed by atoms with E-state index in [0.717, 1.165) is 22.6 Å². The zero-order valence-electron chi connectivity index (χ0n) is 9.81. The molecule has 1 unspecified atom stereocenters. The number of benzene rings is 1. The van der Waals surface area contributed by atoms with Crippen molar-refractivity contribution in [3.63, 3.8) is 0 Å². The highest BCUT2D eigenvalue weighted by Gasteiger charge is 2.06. The Labute approximate surface area is 95.3 Å². The summed E-state index contributed by atoms with van der Waals surface area (Å²) in [4.78, 5) is 0. The van der Waals surface area contributed by atoms with Crippen LogP contribution in [0.4, 0.5) is 0 Å². The third kappa shape index (κ3) is 1.99. The maximum absolute atomic E-state index is 9.54. The first-order valence-corrected chi connectivity index (χ1v) is 5.39. The summed E-state index contributed by atoms with van der Waals surface area (Å²) in [5.74, 6) is 0. The van der Waals surface area contributed by atoms with Gasteiger partial charge in [0.15, 0.2) is 0 Å². The first kappa shape index (κ1) is 10.9. The molecule has 0 amide bonds. The van der Waals surface area contributed by atoms with Gasteiger partial charge in [-0.3, -0.25) is 0 Å². The first-order valence-electron chi connectivity index (χ1n) is 5.39. The lowest BCUT2D eigenvalue weighted by Gasteiger charge is -2.08. The Hall–Kier alpha value is -1.61. The normalized spacial score (nSPS) is 12.8. The fourth-order valence-electron chi connectivity index (χ4n) is 1.81. The van der Waals surface area contributed by atoms with Crippen LogP contribution < -0.4 is 0 Å². The van der Waals surface area contributed by atoms with Gasteiger partial charge in [-0.2, -0.15) is 5.10 Å². The van der Waals surface area contributed by atoms with Crippen molar-refractivity contribution < 1.29 is 5.11 Å². The molecule has 1 heterocycles. The topological polar surface area (TPSA) is 38.0 Å². The van der Waals surface area contributed by atoms with Crippen LogP contribution in [0.15, 0.2) is 30.3 Å². The Morgan fingerprint density at radius 2 is 2.00 bits per heavy atom. The molecular formula is C13H16N2O. The molecule has 84 valence electrons. The van der Waals surface area contributed by atoms with Crippen molar-refractivity contribution in [2.24, 2.45) is 0 Å². The number of hydrogen-bond acceptors (Lipinski definition) is 2. The number of aliphatic hydroxyl groups is 1. The number of rotatable bonds is 2. The molecule has 1 aromatic heterocycles. The van der Waals surface area contributed by atoms with Crippen LogP contribution in [0.3, 0.4) is 0 Å². The minimum atomic E-state index is -0.447. The van der Waals surface area contributed by atoms with E-state index in [9.17, 15) is 5.11 Å². The monoisotopic (exact) mass is 216 g/mol. The second-order valence-electron chi connectivity index (χ2n) is 4.11. The third-order valence-corrected chi connectivity index (χ3v) is 2.61.